The number of nitrogens with zero attached hydrogens (tertiary/aromatic N) is 5. The molecule has 1 saturated heterocycles. The van der Waals surface area contributed by atoms with Crippen LogP contribution in [0.4, 0.5) is 10.3 Å². The lowest BCUT2D eigenvalue weighted by Gasteiger charge is -2.39. The summed E-state index contributed by atoms with van der Waals surface area (Å²) in [6, 6.07) is 8.97. The Bertz CT molecular complexity index is 791. The topological polar surface area (TPSA) is 65.3 Å². The van der Waals surface area contributed by atoms with Crippen LogP contribution in [-0.4, -0.2) is 47.7 Å². The van der Waals surface area contributed by atoms with Crippen molar-refractivity contribution in [3.8, 4) is 11.8 Å². The van der Waals surface area contributed by atoms with Gasteiger partial charge in [0.15, 0.2) is 11.6 Å². The highest BCUT2D eigenvalue weighted by atomic mass is 19.1. The number of rotatable bonds is 4. The maximum atomic E-state index is 13.9. The number of aromatic nitrogens is 2. The summed E-state index contributed by atoms with van der Waals surface area (Å²) >= 11 is 0. The van der Waals surface area contributed by atoms with Gasteiger partial charge >= 0.3 is 0 Å². The van der Waals surface area contributed by atoms with Gasteiger partial charge in [-0.1, -0.05) is 6.07 Å². The molecule has 1 aromatic carbocycles. The van der Waals surface area contributed by atoms with Gasteiger partial charge in [-0.15, -0.1) is 0 Å². The molecule has 0 N–H and O–H groups in total. The summed E-state index contributed by atoms with van der Waals surface area (Å²) in [5, 5.41) is 8.97. The molecule has 1 unspecified atom stereocenters. The number of hydrogen-bond donors (Lipinski definition) is 0. The van der Waals surface area contributed by atoms with Gasteiger partial charge in [0.05, 0.1) is 7.11 Å². The molecule has 0 spiro atoms. The quantitative estimate of drug-likeness (QED) is 0.849. The van der Waals surface area contributed by atoms with Crippen molar-refractivity contribution in [1.82, 2.24) is 14.9 Å². The molecule has 0 radical (unpaired) electrons. The van der Waals surface area contributed by atoms with Crippen molar-refractivity contribution in [3.05, 3.63) is 47.5 Å². The van der Waals surface area contributed by atoms with E-state index in [-0.39, 0.29) is 17.6 Å². The van der Waals surface area contributed by atoms with Crippen molar-refractivity contribution in [1.29, 1.82) is 5.26 Å². The molecule has 3 rings (SSSR count). The molecular weight excluding hydrogens is 321 g/mol. The van der Waals surface area contributed by atoms with Gasteiger partial charge in [-0.3, -0.25) is 4.90 Å². The van der Waals surface area contributed by atoms with E-state index in [0.717, 1.165) is 25.2 Å². The first-order valence-corrected chi connectivity index (χ1v) is 8.15. The monoisotopic (exact) mass is 341 g/mol. The van der Waals surface area contributed by atoms with Crippen LogP contribution in [-0.2, 0) is 6.54 Å². The number of hydrogen-bond acceptors (Lipinski definition) is 6. The van der Waals surface area contributed by atoms with E-state index < -0.39 is 0 Å². The van der Waals surface area contributed by atoms with Crippen molar-refractivity contribution in [2.24, 2.45) is 0 Å². The third kappa shape index (κ3) is 3.86. The van der Waals surface area contributed by atoms with Gasteiger partial charge in [0.2, 0.25) is 5.95 Å². The van der Waals surface area contributed by atoms with Crippen molar-refractivity contribution < 1.29 is 9.13 Å². The van der Waals surface area contributed by atoms with Crippen molar-refractivity contribution in [3.63, 3.8) is 0 Å². The number of ether oxygens (including phenoxy) is 1. The zero-order valence-electron chi connectivity index (χ0n) is 14.3. The minimum atomic E-state index is -0.340. The molecule has 1 fully saturated rings. The zero-order valence-corrected chi connectivity index (χ0v) is 14.3. The van der Waals surface area contributed by atoms with Crippen LogP contribution in [0.3, 0.4) is 0 Å². The average molecular weight is 341 g/mol. The number of benzene rings is 1. The highest BCUT2D eigenvalue weighted by Gasteiger charge is 2.25. The van der Waals surface area contributed by atoms with Crippen LogP contribution < -0.4 is 9.64 Å². The molecule has 130 valence electrons. The molecule has 2 aromatic rings. The third-order valence-corrected chi connectivity index (χ3v) is 4.41. The van der Waals surface area contributed by atoms with E-state index in [1.165, 1.54) is 13.2 Å². The lowest BCUT2D eigenvalue weighted by atomic mass is 10.1. The Labute approximate surface area is 146 Å². The Kier molecular flexibility index (Phi) is 5.10. The fraction of sp³-hybridized carbons (Fsp3) is 0.389. The third-order valence-electron chi connectivity index (χ3n) is 4.41. The van der Waals surface area contributed by atoms with E-state index in [0.29, 0.717) is 18.2 Å². The standard InChI is InChI=1S/C18H20FN5O/c1-13-11-24(18-21-6-5-15(10-20)22-18)8-7-23(13)12-14-3-4-17(25-2)16(19)9-14/h3-6,9,13H,7-8,11-12H2,1-2H3. The summed E-state index contributed by atoms with van der Waals surface area (Å²) < 4.78 is 18.8. The predicted molar refractivity (Wildman–Crippen MR) is 91.8 cm³/mol. The van der Waals surface area contributed by atoms with Crippen molar-refractivity contribution >= 4 is 5.95 Å². The molecule has 2 heterocycles. The lowest BCUT2D eigenvalue weighted by molar-refractivity contribution is 0.180. The second kappa shape index (κ2) is 7.45. The first-order chi connectivity index (χ1) is 12.1. The predicted octanol–water partition coefficient (Wildman–Crippen LogP) is 2.21. The number of halogens is 1. The number of anilines is 1. The van der Waals surface area contributed by atoms with Crippen LogP contribution in [0.5, 0.6) is 5.75 Å². The summed E-state index contributed by atoms with van der Waals surface area (Å²) in [6.07, 6.45) is 1.61. The lowest BCUT2D eigenvalue weighted by Crippen LogP contribution is -2.52. The van der Waals surface area contributed by atoms with E-state index in [4.69, 9.17) is 10.00 Å². The number of methoxy groups -OCH3 is 1. The Morgan fingerprint density at radius 2 is 2.20 bits per heavy atom. The van der Waals surface area contributed by atoms with Crippen LogP contribution in [0.25, 0.3) is 0 Å². The van der Waals surface area contributed by atoms with E-state index in [1.807, 2.05) is 12.1 Å². The summed E-state index contributed by atoms with van der Waals surface area (Å²) in [4.78, 5) is 12.9. The summed E-state index contributed by atoms with van der Waals surface area (Å²) in [7, 11) is 1.46. The van der Waals surface area contributed by atoms with Crippen molar-refractivity contribution in [2.45, 2.75) is 19.5 Å². The normalized spacial score (nSPS) is 18.0. The van der Waals surface area contributed by atoms with E-state index in [9.17, 15) is 4.39 Å². The molecule has 0 amide bonds. The first-order valence-electron chi connectivity index (χ1n) is 8.15. The van der Waals surface area contributed by atoms with Gasteiger partial charge in [-0.25, -0.2) is 14.4 Å². The second-order valence-electron chi connectivity index (χ2n) is 6.09. The Hall–Kier alpha value is -2.72. The van der Waals surface area contributed by atoms with Gasteiger partial charge in [0, 0.05) is 38.4 Å². The SMILES string of the molecule is COc1ccc(CN2CCN(c3nccc(C#N)n3)CC2C)cc1F. The largest absolute Gasteiger partial charge is 0.494 e. The summed E-state index contributed by atoms with van der Waals surface area (Å²) in [6.45, 7) is 5.13. The van der Waals surface area contributed by atoms with Gasteiger partial charge in [-0.05, 0) is 30.7 Å². The van der Waals surface area contributed by atoms with Crippen LogP contribution in [0.1, 0.15) is 18.2 Å². The molecule has 6 nitrogen and oxygen atoms in total. The fourth-order valence-electron chi connectivity index (χ4n) is 3.02. The minimum Gasteiger partial charge on any atom is -0.494 e. The molecule has 0 bridgehead atoms. The van der Waals surface area contributed by atoms with Gasteiger partial charge < -0.3 is 9.64 Å². The molecule has 1 aromatic heterocycles. The van der Waals surface area contributed by atoms with Gasteiger partial charge in [-0.2, -0.15) is 5.26 Å². The van der Waals surface area contributed by atoms with E-state index in [1.54, 1.807) is 18.3 Å². The van der Waals surface area contributed by atoms with Crippen LogP contribution >= 0.6 is 0 Å². The highest BCUT2D eigenvalue weighted by molar-refractivity contribution is 5.35. The molecule has 1 aliphatic heterocycles. The fourth-order valence-corrected chi connectivity index (χ4v) is 3.02. The summed E-state index contributed by atoms with van der Waals surface area (Å²) in [5.74, 6) is 0.505. The highest BCUT2D eigenvalue weighted by Crippen LogP contribution is 2.21. The van der Waals surface area contributed by atoms with E-state index >= 15 is 0 Å². The molecule has 25 heavy (non-hydrogen) atoms. The molecule has 0 saturated carbocycles. The average Bonchev–Trinajstić information content (AvgIpc) is 2.63. The molecule has 1 atom stereocenters. The van der Waals surface area contributed by atoms with Crippen LogP contribution in [0.15, 0.2) is 30.5 Å². The Morgan fingerprint density at radius 1 is 1.36 bits per heavy atom. The molecule has 7 heteroatoms. The smallest absolute Gasteiger partial charge is 0.226 e. The van der Waals surface area contributed by atoms with Crippen molar-refractivity contribution in [2.75, 3.05) is 31.6 Å². The zero-order chi connectivity index (χ0) is 17.8. The van der Waals surface area contributed by atoms with E-state index in [2.05, 4.69) is 26.7 Å². The maximum Gasteiger partial charge on any atom is 0.226 e. The van der Waals surface area contributed by atoms with Gasteiger partial charge in [0.1, 0.15) is 11.8 Å². The number of nitriles is 1. The maximum absolute atomic E-state index is 13.9. The molecule has 1 aliphatic rings. The van der Waals surface area contributed by atoms with Gasteiger partial charge in [0.25, 0.3) is 0 Å². The number of piperazine rings is 1. The summed E-state index contributed by atoms with van der Waals surface area (Å²) in [5.41, 5.74) is 1.29. The molecular formula is C18H20FN5O. The first kappa shape index (κ1) is 17.1. The van der Waals surface area contributed by atoms with Crippen LogP contribution in [0, 0.1) is 17.1 Å². The minimum absolute atomic E-state index is 0.258. The second-order valence-corrected chi connectivity index (χ2v) is 6.09. The Morgan fingerprint density at radius 3 is 2.88 bits per heavy atom. The van der Waals surface area contributed by atoms with Crippen LogP contribution in [0.2, 0.25) is 0 Å². The molecule has 0 aliphatic carbocycles. The Balaban J connectivity index is 1.65.